The Morgan fingerprint density at radius 3 is 2.43 bits per heavy atom. The quantitative estimate of drug-likeness (QED) is 0.563. The van der Waals surface area contributed by atoms with Crippen molar-refractivity contribution < 1.29 is 14.5 Å². The second kappa shape index (κ2) is 8.48. The van der Waals surface area contributed by atoms with Gasteiger partial charge >= 0.3 is 0 Å². The zero-order chi connectivity index (χ0) is 20.3. The summed E-state index contributed by atoms with van der Waals surface area (Å²) in [6.07, 6.45) is 0. The molecule has 2 aromatic carbocycles. The average Bonchev–Trinajstić information content (AvgIpc) is 2.68. The Morgan fingerprint density at radius 2 is 1.82 bits per heavy atom. The van der Waals surface area contributed by atoms with Gasteiger partial charge in [0.1, 0.15) is 5.75 Å². The highest BCUT2D eigenvalue weighted by Crippen LogP contribution is 2.30. The minimum atomic E-state index is -0.470. The molecule has 0 saturated carbocycles. The van der Waals surface area contributed by atoms with Crippen molar-refractivity contribution in [3.05, 3.63) is 62.7 Å². The van der Waals surface area contributed by atoms with Crippen LogP contribution in [0.1, 0.15) is 11.1 Å². The predicted octanol–water partition coefficient (Wildman–Crippen LogP) is 3.59. The number of amides is 1. The molecule has 0 unspecified atom stereocenters. The molecule has 1 heterocycles. The molecule has 1 aliphatic rings. The predicted molar refractivity (Wildman–Crippen MR) is 108 cm³/mol. The fourth-order valence-corrected chi connectivity index (χ4v) is 3.40. The Balaban J connectivity index is 1.54. The Kier molecular flexibility index (Phi) is 6.04. The summed E-state index contributed by atoms with van der Waals surface area (Å²) in [5.74, 6) is 0.625. The molecule has 2 aromatic rings. The molecule has 8 heteroatoms. The summed E-state index contributed by atoms with van der Waals surface area (Å²) in [6.45, 7) is 6.33. The maximum Gasteiger partial charge on any atom is 0.271 e. The topological polar surface area (TPSA) is 75.9 Å². The van der Waals surface area contributed by atoms with Gasteiger partial charge in [0.05, 0.1) is 15.6 Å². The van der Waals surface area contributed by atoms with E-state index in [4.69, 9.17) is 16.3 Å². The van der Waals surface area contributed by atoms with Crippen LogP contribution in [0.2, 0.25) is 5.02 Å². The average molecular weight is 404 g/mol. The van der Waals surface area contributed by atoms with Gasteiger partial charge in [-0.2, -0.15) is 0 Å². The van der Waals surface area contributed by atoms with Crippen LogP contribution in [0.3, 0.4) is 0 Å². The molecular weight excluding hydrogens is 382 g/mol. The molecule has 148 valence electrons. The molecule has 0 aromatic heterocycles. The number of carbonyl (C=O) groups excluding carboxylic acids is 1. The molecule has 1 saturated heterocycles. The lowest BCUT2D eigenvalue weighted by molar-refractivity contribution is -0.384. The van der Waals surface area contributed by atoms with Crippen LogP contribution in [-0.2, 0) is 4.79 Å². The van der Waals surface area contributed by atoms with Crippen molar-refractivity contribution in [1.29, 1.82) is 0 Å². The van der Waals surface area contributed by atoms with E-state index in [9.17, 15) is 14.9 Å². The fourth-order valence-electron chi connectivity index (χ4n) is 3.10. The molecule has 3 rings (SSSR count). The molecule has 0 radical (unpaired) electrons. The van der Waals surface area contributed by atoms with E-state index in [1.54, 1.807) is 11.0 Å². The second-order valence-corrected chi connectivity index (χ2v) is 7.20. The number of piperazine rings is 1. The molecule has 0 atom stereocenters. The van der Waals surface area contributed by atoms with E-state index in [1.807, 2.05) is 36.9 Å². The molecule has 0 bridgehead atoms. The van der Waals surface area contributed by atoms with Crippen molar-refractivity contribution in [3.8, 4) is 5.75 Å². The lowest BCUT2D eigenvalue weighted by atomic mass is 10.1. The number of nitro benzene ring substituents is 1. The first-order chi connectivity index (χ1) is 13.3. The third-order valence-corrected chi connectivity index (χ3v) is 5.26. The van der Waals surface area contributed by atoms with Crippen LogP contribution >= 0.6 is 11.6 Å². The third kappa shape index (κ3) is 4.54. The van der Waals surface area contributed by atoms with Crippen molar-refractivity contribution in [2.24, 2.45) is 0 Å². The third-order valence-electron chi connectivity index (χ3n) is 4.96. The second-order valence-electron chi connectivity index (χ2n) is 6.80. The molecule has 0 aliphatic carbocycles. The maximum atomic E-state index is 12.4. The van der Waals surface area contributed by atoms with Crippen LogP contribution in [0.5, 0.6) is 5.75 Å². The summed E-state index contributed by atoms with van der Waals surface area (Å²) in [6, 6.07) is 10.2. The number of nitro groups is 1. The number of anilines is 1. The number of carbonyl (C=O) groups is 1. The van der Waals surface area contributed by atoms with Crippen LogP contribution in [0.15, 0.2) is 36.4 Å². The Morgan fingerprint density at radius 1 is 1.11 bits per heavy atom. The number of benzene rings is 2. The van der Waals surface area contributed by atoms with Crippen molar-refractivity contribution >= 4 is 28.9 Å². The van der Waals surface area contributed by atoms with E-state index >= 15 is 0 Å². The van der Waals surface area contributed by atoms with E-state index in [0.717, 1.165) is 11.3 Å². The molecular formula is C20H22ClN3O4. The fraction of sp³-hybridized carbons (Fsp3) is 0.350. The number of halogens is 1. The highest BCUT2D eigenvalue weighted by molar-refractivity contribution is 6.33. The van der Waals surface area contributed by atoms with Gasteiger partial charge in [-0.15, -0.1) is 0 Å². The van der Waals surface area contributed by atoms with Crippen molar-refractivity contribution in [1.82, 2.24) is 4.90 Å². The zero-order valence-corrected chi connectivity index (χ0v) is 16.6. The van der Waals surface area contributed by atoms with Gasteiger partial charge in [-0.25, -0.2) is 0 Å². The molecule has 28 heavy (non-hydrogen) atoms. The van der Waals surface area contributed by atoms with E-state index in [-0.39, 0.29) is 18.2 Å². The Bertz CT molecular complexity index is 895. The summed E-state index contributed by atoms with van der Waals surface area (Å²) in [7, 11) is 0. The first-order valence-corrected chi connectivity index (χ1v) is 9.39. The number of aryl methyl sites for hydroxylation is 2. The van der Waals surface area contributed by atoms with E-state index in [0.29, 0.717) is 37.0 Å². The van der Waals surface area contributed by atoms with Crippen molar-refractivity contribution in [3.63, 3.8) is 0 Å². The lowest BCUT2D eigenvalue weighted by Crippen LogP contribution is -2.50. The maximum absolute atomic E-state index is 12.4. The number of ether oxygens (including phenoxy) is 1. The summed E-state index contributed by atoms with van der Waals surface area (Å²) in [4.78, 5) is 26.6. The van der Waals surface area contributed by atoms with Crippen LogP contribution in [0.4, 0.5) is 11.4 Å². The van der Waals surface area contributed by atoms with Gasteiger partial charge in [0.2, 0.25) is 0 Å². The standard InChI is InChI=1S/C20H22ClN3O4/c1-14-3-5-17(11-15(14)2)28-13-20(25)23-9-7-22(8-10-23)19-6-4-16(24(26)27)12-18(19)21/h3-6,11-12H,7-10,13H2,1-2H3. The Labute approximate surface area is 168 Å². The van der Waals surface area contributed by atoms with Gasteiger partial charge in [-0.3, -0.25) is 14.9 Å². The smallest absolute Gasteiger partial charge is 0.271 e. The largest absolute Gasteiger partial charge is 0.484 e. The zero-order valence-electron chi connectivity index (χ0n) is 15.9. The number of nitrogens with zero attached hydrogens (tertiary/aromatic N) is 3. The van der Waals surface area contributed by atoms with Crippen molar-refractivity contribution in [2.45, 2.75) is 13.8 Å². The number of non-ortho nitro benzene ring substituents is 1. The normalized spacial score (nSPS) is 14.1. The van der Waals surface area contributed by atoms with Gasteiger partial charge in [0.15, 0.2) is 6.61 Å². The van der Waals surface area contributed by atoms with Gasteiger partial charge in [0, 0.05) is 38.3 Å². The monoisotopic (exact) mass is 403 g/mol. The van der Waals surface area contributed by atoms with Crippen LogP contribution in [0, 0.1) is 24.0 Å². The highest BCUT2D eigenvalue weighted by atomic mass is 35.5. The van der Waals surface area contributed by atoms with E-state index in [1.165, 1.54) is 17.7 Å². The Hall–Kier alpha value is -2.80. The van der Waals surface area contributed by atoms with Crippen LogP contribution < -0.4 is 9.64 Å². The van der Waals surface area contributed by atoms with Crippen molar-refractivity contribution in [2.75, 3.05) is 37.7 Å². The van der Waals surface area contributed by atoms with Crippen LogP contribution in [-0.4, -0.2) is 48.5 Å². The van der Waals surface area contributed by atoms with Gasteiger partial charge in [0.25, 0.3) is 11.6 Å². The molecule has 0 spiro atoms. The van der Waals surface area contributed by atoms with E-state index < -0.39 is 4.92 Å². The van der Waals surface area contributed by atoms with Crippen LogP contribution in [0.25, 0.3) is 0 Å². The van der Waals surface area contributed by atoms with Gasteiger partial charge in [-0.1, -0.05) is 17.7 Å². The number of hydrogen-bond acceptors (Lipinski definition) is 5. The molecule has 1 fully saturated rings. The summed E-state index contributed by atoms with van der Waals surface area (Å²) < 4.78 is 5.63. The minimum absolute atomic E-state index is 0.000783. The minimum Gasteiger partial charge on any atom is -0.484 e. The first-order valence-electron chi connectivity index (χ1n) is 9.02. The molecule has 1 amide bonds. The summed E-state index contributed by atoms with van der Waals surface area (Å²) in [5.41, 5.74) is 3.01. The number of rotatable bonds is 5. The highest BCUT2D eigenvalue weighted by Gasteiger charge is 2.23. The molecule has 7 nitrogen and oxygen atoms in total. The first kappa shape index (κ1) is 19.9. The summed E-state index contributed by atoms with van der Waals surface area (Å²) in [5, 5.41) is 11.2. The van der Waals surface area contributed by atoms with E-state index in [2.05, 4.69) is 0 Å². The number of hydrogen-bond donors (Lipinski definition) is 0. The lowest BCUT2D eigenvalue weighted by Gasteiger charge is -2.36. The van der Waals surface area contributed by atoms with Gasteiger partial charge < -0.3 is 14.5 Å². The van der Waals surface area contributed by atoms with Gasteiger partial charge in [-0.05, 0) is 43.2 Å². The molecule has 1 aliphatic heterocycles. The molecule has 0 N–H and O–H groups in total. The SMILES string of the molecule is Cc1ccc(OCC(=O)N2CCN(c3ccc([N+](=O)[O-])cc3Cl)CC2)cc1C. The summed E-state index contributed by atoms with van der Waals surface area (Å²) >= 11 is 6.20.